The molecule has 0 aromatic rings. The van der Waals surface area contributed by atoms with Crippen molar-refractivity contribution in [1.82, 2.24) is 5.32 Å². The van der Waals surface area contributed by atoms with E-state index in [4.69, 9.17) is 9.47 Å². The van der Waals surface area contributed by atoms with Crippen molar-refractivity contribution in [3.05, 3.63) is 0 Å². The second-order valence-electron chi connectivity index (χ2n) is 5.51. The van der Waals surface area contributed by atoms with Crippen LogP contribution in [0.15, 0.2) is 0 Å². The maximum absolute atomic E-state index is 11.6. The molecule has 1 heterocycles. The number of alkyl halides is 1. The van der Waals surface area contributed by atoms with Crippen molar-refractivity contribution in [2.45, 2.75) is 57.5 Å². The first-order valence-electron chi connectivity index (χ1n) is 6.17. The lowest BCUT2D eigenvalue weighted by atomic mass is 10.0. The van der Waals surface area contributed by atoms with Gasteiger partial charge in [0.05, 0.1) is 24.9 Å². The molecule has 3 atom stereocenters. The predicted molar refractivity (Wildman–Crippen MR) is 71.9 cm³/mol. The predicted octanol–water partition coefficient (Wildman–Crippen LogP) is 1.81. The van der Waals surface area contributed by atoms with Crippen LogP contribution in [0, 0.1) is 0 Å². The molecule has 0 spiro atoms. The topological polar surface area (TPSA) is 67.8 Å². The average Bonchev–Trinajstić information content (AvgIpc) is 2.26. The lowest BCUT2D eigenvalue weighted by molar-refractivity contribution is -0.0640. The van der Waals surface area contributed by atoms with E-state index in [9.17, 15) is 9.90 Å². The van der Waals surface area contributed by atoms with Crippen molar-refractivity contribution >= 4 is 22.0 Å². The molecule has 18 heavy (non-hydrogen) atoms. The molecule has 1 fully saturated rings. The van der Waals surface area contributed by atoms with Crippen LogP contribution in [0.4, 0.5) is 4.79 Å². The normalized spacial score (nSPS) is 26.5. The summed E-state index contributed by atoms with van der Waals surface area (Å²) in [6.07, 6.45) is 0.449. The van der Waals surface area contributed by atoms with E-state index in [-0.39, 0.29) is 12.1 Å². The second-order valence-corrected chi connectivity index (χ2v) is 6.16. The molecule has 1 amide bonds. The zero-order valence-corrected chi connectivity index (χ0v) is 12.7. The lowest BCUT2D eigenvalue weighted by Crippen LogP contribution is -2.47. The Morgan fingerprint density at radius 2 is 2.22 bits per heavy atom. The van der Waals surface area contributed by atoms with E-state index < -0.39 is 17.8 Å². The molecule has 0 aromatic heterocycles. The van der Waals surface area contributed by atoms with Gasteiger partial charge in [0.1, 0.15) is 5.60 Å². The molecule has 1 aliphatic heterocycles. The maximum atomic E-state index is 11.6. The zero-order chi connectivity index (χ0) is 13.8. The van der Waals surface area contributed by atoms with Gasteiger partial charge in [0.15, 0.2) is 0 Å². The summed E-state index contributed by atoms with van der Waals surface area (Å²) in [6, 6.07) is -0.0429. The molecular weight excluding hydrogens is 302 g/mol. The number of aliphatic hydroxyl groups excluding tert-OH is 1. The third-order valence-electron chi connectivity index (χ3n) is 2.62. The highest BCUT2D eigenvalue weighted by Gasteiger charge is 2.28. The fraction of sp³-hybridized carbons (Fsp3) is 0.917. The zero-order valence-electron chi connectivity index (χ0n) is 11.1. The molecule has 0 aliphatic carbocycles. The van der Waals surface area contributed by atoms with Gasteiger partial charge in [0.2, 0.25) is 0 Å². The summed E-state index contributed by atoms with van der Waals surface area (Å²) in [4.78, 5) is 11.6. The van der Waals surface area contributed by atoms with Gasteiger partial charge < -0.3 is 19.9 Å². The first kappa shape index (κ1) is 15.7. The van der Waals surface area contributed by atoms with Gasteiger partial charge in [-0.25, -0.2) is 4.79 Å². The van der Waals surface area contributed by atoms with Crippen molar-refractivity contribution in [2.75, 3.05) is 11.9 Å². The van der Waals surface area contributed by atoms with E-state index in [1.54, 1.807) is 0 Å². The fourth-order valence-corrected chi connectivity index (χ4v) is 2.18. The Balaban J connectivity index is 2.29. The highest BCUT2D eigenvalue weighted by Crippen LogP contribution is 2.18. The smallest absolute Gasteiger partial charge is 0.407 e. The Kier molecular flexibility index (Phi) is 5.88. The summed E-state index contributed by atoms with van der Waals surface area (Å²) in [6.45, 7) is 5.89. The number of rotatable bonds is 3. The van der Waals surface area contributed by atoms with Crippen LogP contribution in [0.5, 0.6) is 0 Å². The van der Waals surface area contributed by atoms with Crippen LogP contribution in [0.1, 0.15) is 33.6 Å². The quantitative estimate of drug-likeness (QED) is 0.777. The Morgan fingerprint density at radius 3 is 2.67 bits per heavy atom. The van der Waals surface area contributed by atoms with E-state index >= 15 is 0 Å². The number of hydrogen-bond donors (Lipinski definition) is 2. The highest BCUT2D eigenvalue weighted by atomic mass is 79.9. The van der Waals surface area contributed by atoms with Crippen LogP contribution in [0.3, 0.4) is 0 Å². The average molecular weight is 324 g/mol. The van der Waals surface area contributed by atoms with E-state index in [0.717, 1.165) is 12.8 Å². The number of amides is 1. The van der Waals surface area contributed by atoms with Crippen molar-refractivity contribution < 1.29 is 19.4 Å². The van der Waals surface area contributed by atoms with Gasteiger partial charge >= 0.3 is 6.09 Å². The Morgan fingerprint density at radius 1 is 1.56 bits per heavy atom. The fourth-order valence-electron chi connectivity index (χ4n) is 1.76. The maximum Gasteiger partial charge on any atom is 0.407 e. The van der Waals surface area contributed by atoms with Crippen molar-refractivity contribution in [3.8, 4) is 0 Å². The molecule has 0 radical (unpaired) electrons. The number of carbonyl (C=O) groups is 1. The van der Waals surface area contributed by atoms with Gasteiger partial charge in [-0.05, 0) is 33.6 Å². The summed E-state index contributed by atoms with van der Waals surface area (Å²) in [5.41, 5.74) is -0.492. The molecule has 1 unspecified atom stereocenters. The summed E-state index contributed by atoms with van der Waals surface area (Å²) in [5.74, 6) is 0. The van der Waals surface area contributed by atoms with E-state index in [2.05, 4.69) is 21.2 Å². The van der Waals surface area contributed by atoms with Crippen LogP contribution in [0.25, 0.3) is 0 Å². The minimum Gasteiger partial charge on any atom is -0.444 e. The van der Waals surface area contributed by atoms with Gasteiger partial charge in [-0.1, -0.05) is 15.9 Å². The van der Waals surface area contributed by atoms with Crippen LogP contribution >= 0.6 is 15.9 Å². The molecule has 2 N–H and O–H groups in total. The van der Waals surface area contributed by atoms with E-state index in [1.807, 2.05) is 20.8 Å². The van der Waals surface area contributed by atoms with Crippen LogP contribution in [0.2, 0.25) is 0 Å². The standard InChI is InChI=1S/C12H22BrNO4/c1-12(2,3)18-11(16)14-8-4-5-10(17-7-8)9(15)6-13/h8-10,15H,4-7H2,1-3H3,(H,14,16)/t8-,9?,10+/m1/s1. The van der Waals surface area contributed by atoms with Gasteiger partial charge in [-0.3, -0.25) is 0 Å². The number of aliphatic hydroxyl groups is 1. The summed E-state index contributed by atoms with van der Waals surface area (Å²) in [7, 11) is 0. The summed E-state index contributed by atoms with van der Waals surface area (Å²) in [5, 5.41) is 12.9. The van der Waals surface area contributed by atoms with Gasteiger partial charge in [-0.15, -0.1) is 0 Å². The molecule has 5 nitrogen and oxygen atoms in total. The second kappa shape index (κ2) is 6.73. The van der Waals surface area contributed by atoms with Gasteiger partial charge in [0.25, 0.3) is 0 Å². The number of ether oxygens (including phenoxy) is 2. The molecule has 1 saturated heterocycles. The van der Waals surface area contributed by atoms with Crippen molar-refractivity contribution in [1.29, 1.82) is 0 Å². The lowest BCUT2D eigenvalue weighted by Gasteiger charge is -2.32. The SMILES string of the molecule is CC(C)(C)OC(=O)N[C@@H]1CC[C@@H](C(O)CBr)OC1. The van der Waals surface area contributed by atoms with Gasteiger partial charge in [0, 0.05) is 5.33 Å². The number of halogens is 1. The van der Waals surface area contributed by atoms with Crippen LogP contribution < -0.4 is 5.32 Å². The van der Waals surface area contributed by atoms with E-state index in [1.165, 1.54) is 0 Å². The van der Waals surface area contributed by atoms with Crippen LogP contribution in [-0.4, -0.2) is 47.0 Å². The highest BCUT2D eigenvalue weighted by molar-refractivity contribution is 9.09. The summed E-state index contributed by atoms with van der Waals surface area (Å²) >= 11 is 3.22. The molecular formula is C12H22BrNO4. The van der Waals surface area contributed by atoms with Gasteiger partial charge in [-0.2, -0.15) is 0 Å². The molecule has 1 rings (SSSR count). The Labute approximate surface area is 116 Å². The van der Waals surface area contributed by atoms with Crippen LogP contribution in [-0.2, 0) is 9.47 Å². The number of nitrogens with one attached hydrogen (secondary N) is 1. The first-order chi connectivity index (χ1) is 8.31. The third kappa shape index (κ3) is 5.54. The molecule has 0 aromatic carbocycles. The first-order valence-corrected chi connectivity index (χ1v) is 7.29. The minimum absolute atomic E-state index is 0.0429. The monoisotopic (exact) mass is 323 g/mol. The molecule has 6 heteroatoms. The number of carbonyl (C=O) groups excluding carboxylic acids is 1. The Bertz CT molecular complexity index is 272. The minimum atomic E-state index is -0.493. The van der Waals surface area contributed by atoms with E-state index in [0.29, 0.717) is 11.9 Å². The Hall–Kier alpha value is -0.330. The molecule has 1 aliphatic rings. The third-order valence-corrected chi connectivity index (χ3v) is 3.28. The largest absolute Gasteiger partial charge is 0.444 e. The molecule has 0 saturated carbocycles. The van der Waals surface area contributed by atoms with Crippen molar-refractivity contribution in [3.63, 3.8) is 0 Å². The molecule has 0 bridgehead atoms. The number of alkyl carbamates (subject to hydrolysis) is 1. The molecule has 106 valence electrons. The van der Waals surface area contributed by atoms with Crippen molar-refractivity contribution in [2.24, 2.45) is 0 Å². The number of hydrogen-bond acceptors (Lipinski definition) is 4. The summed E-state index contributed by atoms with van der Waals surface area (Å²) < 4.78 is 10.7.